The van der Waals surface area contributed by atoms with Crippen molar-refractivity contribution in [3.8, 4) is 0 Å². The summed E-state index contributed by atoms with van der Waals surface area (Å²) < 4.78 is 1.87. The van der Waals surface area contributed by atoms with Crippen molar-refractivity contribution in [3.05, 3.63) is 40.9 Å². The average Bonchev–Trinajstić information content (AvgIpc) is 3.32. The summed E-state index contributed by atoms with van der Waals surface area (Å²) in [7, 11) is 0. The quantitative estimate of drug-likeness (QED) is 0.730. The normalized spacial score (nSPS) is 17.8. The van der Waals surface area contributed by atoms with Gasteiger partial charge in [-0.05, 0) is 30.5 Å². The number of likely N-dealkylation sites (tertiary alicyclic amines) is 1. The number of hydrogen-bond donors (Lipinski definition) is 1. The molecule has 25 heavy (non-hydrogen) atoms. The number of aromatic nitrogens is 5. The molecule has 1 atom stereocenters. The van der Waals surface area contributed by atoms with Gasteiger partial charge in [-0.25, -0.2) is 9.67 Å². The number of halogens is 1. The lowest BCUT2D eigenvalue weighted by Crippen LogP contribution is -2.29. The highest BCUT2D eigenvalue weighted by Crippen LogP contribution is 2.26. The van der Waals surface area contributed by atoms with Gasteiger partial charge in [-0.3, -0.25) is 9.89 Å². The SMILES string of the molecule is CC(C)c1cc(C(=O)N2CCC(n3ncc4ccc(Cl)nc43)C2)n[nH]1. The Morgan fingerprint density at radius 3 is 3.00 bits per heavy atom. The zero-order chi connectivity index (χ0) is 17.6. The maximum Gasteiger partial charge on any atom is 0.274 e. The van der Waals surface area contributed by atoms with Gasteiger partial charge < -0.3 is 4.90 Å². The van der Waals surface area contributed by atoms with Crippen molar-refractivity contribution < 1.29 is 4.79 Å². The summed E-state index contributed by atoms with van der Waals surface area (Å²) in [6.45, 7) is 5.40. The molecule has 1 unspecified atom stereocenters. The van der Waals surface area contributed by atoms with E-state index in [9.17, 15) is 4.79 Å². The third-order valence-corrected chi connectivity index (χ3v) is 4.86. The second-order valence-corrected chi connectivity index (χ2v) is 7.08. The van der Waals surface area contributed by atoms with Crippen LogP contribution in [0.5, 0.6) is 0 Å². The smallest absolute Gasteiger partial charge is 0.274 e. The van der Waals surface area contributed by atoms with Gasteiger partial charge in [0.05, 0.1) is 12.2 Å². The van der Waals surface area contributed by atoms with Crippen molar-refractivity contribution in [2.45, 2.75) is 32.2 Å². The van der Waals surface area contributed by atoms with Crippen LogP contribution >= 0.6 is 11.6 Å². The molecule has 1 N–H and O–H groups in total. The Morgan fingerprint density at radius 2 is 2.24 bits per heavy atom. The van der Waals surface area contributed by atoms with Gasteiger partial charge in [-0.15, -0.1) is 0 Å². The van der Waals surface area contributed by atoms with Crippen LogP contribution in [-0.2, 0) is 0 Å². The second kappa shape index (κ2) is 6.15. The maximum absolute atomic E-state index is 12.7. The fourth-order valence-electron chi connectivity index (χ4n) is 3.20. The summed E-state index contributed by atoms with van der Waals surface area (Å²) in [5.41, 5.74) is 2.19. The lowest BCUT2D eigenvalue weighted by molar-refractivity contribution is 0.0781. The summed E-state index contributed by atoms with van der Waals surface area (Å²) in [4.78, 5) is 18.9. The van der Waals surface area contributed by atoms with E-state index >= 15 is 0 Å². The first-order valence-electron chi connectivity index (χ1n) is 8.37. The molecule has 0 bridgehead atoms. The summed E-state index contributed by atoms with van der Waals surface area (Å²) >= 11 is 6.01. The van der Waals surface area contributed by atoms with Crippen LogP contribution in [0.3, 0.4) is 0 Å². The van der Waals surface area contributed by atoms with Crippen molar-refractivity contribution in [1.29, 1.82) is 0 Å². The van der Waals surface area contributed by atoms with E-state index < -0.39 is 0 Å². The van der Waals surface area contributed by atoms with Crippen LogP contribution in [-0.4, -0.2) is 48.9 Å². The van der Waals surface area contributed by atoms with Crippen molar-refractivity contribution in [3.63, 3.8) is 0 Å². The summed E-state index contributed by atoms with van der Waals surface area (Å²) in [5.74, 6) is 0.264. The minimum atomic E-state index is -0.0481. The Morgan fingerprint density at radius 1 is 1.40 bits per heavy atom. The number of rotatable bonds is 3. The average molecular weight is 359 g/mol. The number of aromatic amines is 1. The van der Waals surface area contributed by atoms with Gasteiger partial charge in [0.1, 0.15) is 10.8 Å². The van der Waals surface area contributed by atoms with E-state index in [4.69, 9.17) is 11.6 Å². The predicted molar refractivity (Wildman–Crippen MR) is 94.8 cm³/mol. The first kappa shape index (κ1) is 16.1. The van der Waals surface area contributed by atoms with E-state index in [1.807, 2.05) is 21.7 Å². The first-order valence-corrected chi connectivity index (χ1v) is 8.75. The highest BCUT2D eigenvalue weighted by atomic mass is 35.5. The van der Waals surface area contributed by atoms with Crippen LogP contribution < -0.4 is 0 Å². The Labute approximate surface area is 150 Å². The molecule has 1 fully saturated rings. The van der Waals surface area contributed by atoms with Gasteiger partial charge in [0.15, 0.2) is 5.65 Å². The van der Waals surface area contributed by atoms with Crippen molar-refractivity contribution in [2.75, 3.05) is 13.1 Å². The fraction of sp³-hybridized carbons (Fsp3) is 0.412. The number of amides is 1. The molecule has 8 heteroatoms. The number of fused-ring (bicyclic) bond motifs is 1. The molecule has 130 valence electrons. The minimum absolute atomic E-state index is 0.0481. The highest BCUT2D eigenvalue weighted by molar-refractivity contribution is 6.29. The van der Waals surface area contributed by atoms with Crippen molar-refractivity contribution in [1.82, 2.24) is 29.9 Å². The minimum Gasteiger partial charge on any atom is -0.335 e. The molecule has 0 radical (unpaired) electrons. The molecule has 7 nitrogen and oxygen atoms in total. The van der Waals surface area contributed by atoms with Crippen LogP contribution in [0.4, 0.5) is 0 Å². The maximum atomic E-state index is 12.7. The molecule has 0 aliphatic carbocycles. The molecule has 0 aromatic carbocycles. The van der Waals surface area contributed by atoms with Crippen molar-refractivity contribution in [2.24, 2.45) is 0 Å². The topological polar surface area (TPSA) is 79.7 Å². The monoisotopic (exact) mass is 358 g/mol. The summed E-state index contributed by atoms with van der Waals surface area (Å²) in [5, 5.41) is 12.9. The Bertz CT molecular complexity index is 930. The third kappa shape index (κ3) is 2.89. The zero-order valence-electron chi connectivity index (χ0n) is 14.1. The van der Waals surface area contributed by atoms with E-state index in [0.29, 0.717) is 29.9 Å². The van der Waals surface area contributed by atoms with Crippen LogP contribution in [0.2, 0.25) is 5.15 Å². The lowest BCUT2D eigenvalue weighted by Gasteiger charge is -2.15. The number of H-pyrrole nitrogens is 1. The van der Waals surface area contributed by atoms with Gasteiger partial charge in [0.2, 0.25) is 0 Å². The van der Waals surface area contributed by atoms with E-state index in [0.717, 1.165) is 23.1 Å². The molecule has 0 saturated carbocycles. The molecule has 1 saturated heterocycles. The molecule has 1 aliphatic rings. The van der Waals surface area contributed by atoms with Gasteiger partial charge in [-0.1, -0.05) is 25.4 Å². The van der Waals surface area contributed by atoms with Crippen LogP contribution in [0.25, 0.3) is 11.0 Å². The van der Waals surface area contributed by atoms with Crippen LogP contribution in [0, 0.1) is 0 Å². The Balaban J connectivity index is 1.54. The summed E-state index contributed by atoms with van der Waals surface area (Å²) in [6.07, 6.45) is 2.62. The number of pyridine rings is 1. The largest absolute Gasteiger partial charge is 0.335 e. The number of nitrogens with zero attached hydrogens (tertiary/aromatic N) is 5. The molecular formula is C17H19ClN6O. The Hall–Kier alpha value is -2.41. The van der Waals surface area contributed by atoms with Gasteiger partial charge in [0, 0.05) is 24.2 Å². The van der Waals surface area contributed by atoms with Crippen LogP contribution in [0.15, 0.2) is 24.4 Å². The molecule has 4 heterocycles. The molecule has 4 rings (SSSR count). The highest BCUT2D eigenvalue weighted by Gasteiger charge is 2.30. The third-order valence-electron chi connectivity index (χ3n) is 4.64. The molecule has 3 aromatic rings. The molecule has 0 spiro atoms. The van der Waals surface area contributed by atoms with E-state index in [1.54, 1.807) is 12.3 Å². The number of hydrogen-bond acceptors (Lipinski definition) is 4. The summed E-state index contributed by atoms with van der Waals surface area (Å²) in [6, 6.07) is 5.59. The van der Waals surface area contributed by atoms with Crippen LogP contribution in [0.1, 0.15) is 48.4 Å². The second-order valence-electron chi connectivity index (χ2n) is 6.69. The van der Waals surface area contributed by atoms with Gasteiger partial charge in [-0.2, -0.15) is 10.2 Å². The number of carbonyl (C=O) groups is 1. The molecule has 3 aromatic heterocycles. The molecular weight excluding hydrogens is 340 g/mol. The van der Waals surface area contributed by atoms with E-state index in [2.05, 4.69) is 34.1 Å². The van der Waals surface area contributed by atoms with Gasteiger partial charge in [0.25, 0.3) is 5.91 Å². The van der Waals surface area contributed by atoms with Crippen molar-refractivity contribution >= 4 is 28.5 Å². The number of carbonyl (C=O) groups excluding carboxylic acids is 1. The first-order chi connectivity index (χ1) is 12.0. The number of nitrogens with one attached hydrogen (secondary N) is 1. The standard InChI is InChI=1S/C17H19ClN6O/c1-10(2)13-7-14(22-21-13)17(25)23-6-5-12(9-23)24-16-11(8-19-24)3-4-15(18)20-16/h3-4,7-8,10,12H,5-6,9H2,1-2H3,(H,21,22). The zero-order valence-corrected chi connectivity index (χ0v) is 14.9. The predicted octanol–water partition coefficient (Wildman–Crippen LogP) is 3.02. The van der Waals surface area contributed by atoms with Gasteiger partial charge >= 0.3 is 0 Å². The Kier molecular flexibility index (Phi) is 3.95. The molecule has 1 amide bonds. The lowest BCUT2D eigenvalue weighted by atomic mass is 10.1. The fourth-order valence-corrected chi connectivity index (χ4v) is 3.34. The molecule has 1 aliphatic heterocycles. The van der Waals surface area contributed by atoms with E-state index in [-0.39, 0.29) is 11.9 Å². The van der Waals surface area contributed by atoms with E-state index in [1.165, 1.54) is 0 Å².